The lowest BCUT2D eigenvalue weighted by molar-refractivity contribution is -0.119. The number of nitrogens with zero attached hydrogens (tertiary/aromatic N) is 1. The Hall–Kier alpha value is -3.14. The first-order valence-electron chi connectivity index (χ1n) is 8.24. The van der Waals surface area contributed by atoms with Gasteiger partial charge in [-0.3, -0.25) is 4.79 Å². The summed E-state index contributed by atoms with van der Waals surface area (Å²) in [5.41, 5.74) is 6.81. The van der Waals surface area contributed by atoms with Gasteiger partial charge >= 0.3 is 0 Å². The maximum Gasteiger partial charge on any atom is 0.259 e. The molecule has 0 aromatic heterocycles. The Balaban J connectivity index is 1.59. The summed E-state index contributed by atoms with van der Waals surface area (Å²) in [5, 5.41) is 9.46. The molecule has 0 spiro atoms. The van der Waals surface area contributed by atoms with Gasteiger partial charge in [0.25, 0.3) is 5.91 Å². The van der Waals surface area contributed by atoms with Crippen LogP contribution in [0.2, 0.25) is 0 Å². The molecule has 0 aliphatic carbocycles. The highest BCUT2D eigenvalue weighted by Gasteiger charge is 2.02. The molecule has 1 amide bonds. The molecule has 126 valence electrons. The van der Waals surface area contributed by atoms with E-state index in [0.717, 1.165) is 27.6 Å². The van der Waals surface area contributed by atoms with Crippen LogP contribution in [-0.2, 0) is 4.79 Å². The first-order chi connectivity index (χ1) is 12.1. The molecule has 3 aromatic rings. The first-order valence-corrected chi connectivity index (χ1v) is 8.24. The second kappa shape index (κ2) is 7.62. The number of rotatable bonds is 5. The topological polar surface area (TPSA) is 53.5 Å². The maximum absolute atomic E-state index is 12.0. The lowest BCUT2D eigenvalue weighted by Crippen LogP contribution is -2.26. The molecule has 2 N–H and O–H groups in total. The molecule has 0 fully saturated rings. The smallest absolute Gasteiger partial charge is 0.259 e. The van der Waals surface area contributed by atoms with Gasteiger partial charge in [-0.25, -0.2) is 5.43 Å². The zero-order valence-corrected chi connectivity index (χ0v) is 14.4. The summed E-state index contributed by atoms with van der Waals surface area (Å²) >= 11 is 0. The van der Waals surface area contributed by atoms with Crippen LogP contribution in [-0.4, -0.2) is 18.7 Å². The Morgan fingerprint density at radius 1 is 1.04 bits per heavy atom. The fraction of sp³-hybridized carbons (Fsp3) is 0.143. The lowest BCUT2D eigenvalue weighted by atomic mass is 10.1. The molecule has 0 unspecified atom stereocenters. The summed E-state index contributed by atoms with van der Waals surface area (Å²) in [5.74, 6) is -0.184. The van der Waals surface area contributed by atoms with Crippen LogP contribution in [0.5, 0.6) is 0 Å². The number of fused-ring (bicyclic) bond motifs is 1. The Bertz CT molecular complexity index is 926. The van der Waals surface area contributed by atoms with Crippen LogP contribution in [0.15, 0.2) is 65.8 Å². The van der Waals surface area contributed by atoms with Crippen molar-refractivity contribution in [1.29, 1.82) is 0 Å². The Morgan fingerprint density at radius 3 is 2.68 bits per heavy atom. The van der Waals surface area contributed by atoms with E-state index in [0.29, 0.717) is 0 Å². The third kappa shape index (κ3) is 4.23. The van der Waals surface area contributed by atoms with Crippen molar-refractivity contribution in [2.75, 3.05) is 11.9 Å². The van der Waals surface area contributed by atoms with Crippen molar-refractivity contribution in [2.45, 2.75) is 13.8 Å². The molecule has 0 saturated heterocycles. The SMILES string of the molecule is Cc1ccc(NCC(=O)N/N=C/c2cccc3ccccc23)c(C)c1. The number of hydrogen-bond donors (Lipinski definition) is 2. The van der Waals surface area contributed by atoms with Gasteiger partial charge in [0.2, 0.25) is 0 Å². The molecule has 0 bridgehead atoms. The Kier molecular flexibility index (Phi) is 5.09. The summed E-state index contributed by atoms with van der Waals surface area (Å²) in [6, 6.07) is 20.2. The van der Waals surface area contributed by atoms with Crippen molar-refractivity contribution >= 4 is 28.6 Å². The minimum absolute atomic E-state index is 0.177. The number of hydrazone groups is 1. The van der Waals surface area contributed by atoms with Gasteiger partial charge in [-0.05, 0) is 36.2 Å². The largest absolute Gasteiger partial charge is 0.376 e. The molecule has 0 saturated carbocycles. The number of carbonyl (C=O) groups is 1. The van der Waals surface area contributed by atoms with E-state index in [1.807, 2.05) is 56.3 Å². The van der Waals surface area contributed by atoms with Crippen LogP contribution in [0.4, 0.5) is 5.69 Å². The summed E-state index contributed by atoms with van der Waals surface area (Å²) in [4.78, 5) is 12.0. The van der Waals surface area contributed by atoms with Gasteiger partial charge in [0.15, 0.2) is 0 Å². The molecule has 25 heavy (non-hydrogen) atoms. The van der Waals surface area contributed by atoms with Gasteiger partial charge in [-0.15, -0.1) is 0 Å². The maximum atomic E-state index is 12.0. The fourth-order valence-electron chi connectivity index (χ4n) is 2.76. The Morgan fingerprint density at radius 2 is 1.84 bits per heavy atom. The van der Waals surface area contributed by atoms with Gasteiger partial charge in [-0.2, -0.15) is 5.10 Å². The zero-order chi connectivity index (χ0) is 17.6. The summed E-state index contributed by atoms with van der Waals surface area (Å²) in [6.07, 6.45) is 1.68. The van der Waals surface area contributed by atoms with Crippen LogP contribution < -0.4 is 10.7 Å². The Labute approximate surface area is 147 Å². The summed E-state index contributed by atoms with van der Waals surface area (Å²) in [7, 11) is 0. The van der Waals surface area contributed by atoms with Crippen molar-refractivity contribution in [1.82, 2.24) is 5.43 Å². The van der Waals surface area contributed by atoms with Crippen LogP contribution in [0, 0.1) is 13.8 Å². The van der Waals surface area contributed by atoms with E-state index >= 15 is 0 Å². The zero-order valence-electron chi connectivity index (χ0n) is 14.4. The third-order valence-electron chi connectivity index (χ3n) is 4.04. The van der Waals surface area contributed by atoms with Crippen molar-refractivity contribution in [3.8, 4) is 0 Å². The van der Waals surface area contributed by atoms with Crippen molar-refractivity contribution in [3.05, 3.63) is 77.4 Å². The van der Waals surface area contributed by atoms with E-state index in [9.17, 15) is 4.79 Å². The van der Waals surface area contributed by atoms with E-state index in [1.165, 1.54) is 5.56 Å². The van der Waals surface area contributed by atoms with E-state index in [4.69, 9.17) is 0 Å². The number of aryl methyl sites for hydroxylation is 2. The summed E-state index contributed by atoms with van der Waals surface area (Å²) in [6.45, 7) is 4.24. The molecule has 0 atom stereocenters. The second-order valence-corrected chi connectivity index (χ2v) is 6.03. The first kappa shape index (κ1) is 16.7. The van der Waals surface area contributed by atoms with E-state index in [-0.39, 0.29) is 12.5 Å². The van der Waals surface area contributed by atoms with Gasteiger partial charge in [0.1, 0.15) is 0 Å². The fourth-order valence-corrected chi connectivity index (χ4v) is 2.76. The highest BCUT2D eigenvalue weighted by atomic mass is 16.2. The number of carbonyl (C=O) groups excluding carboxylic acids is 1. The number of nitrogens with one attached hydrogen (secondary N) is 2. The molecule has 0 heterocycles. The van der Waals surface area contributed by atoms with Crippen LogP contribution in [0.3, 0.4) is 0 Å². The van der Waals surface area contributed by atoms with E-state index in [1.54, 1.807) is 6.21 Å². The molecule has 0 aliphatic heterocycles. The van der Waals surface area contributed by atoms with Gasteiger partial charge in [0.05, 0.1) is 12.8 Å². The van der Waals surface area contributed by atoms with Crippen LogP contribution >= 0.6 is 0 Å². The lowest BCUT2D eigenvalue weighted by Gasteiger charge is -2.09. The van der Waals surface area contributed by atoms with E-state index < -0.39 is 0 Å². The quantitative estimate of drug-likeness (QED) is 0.548. The third-order valence-corrected chi connectivity index (χ3v) is 4.04. The highest BCUT2D eigenvalue weighted by molar-refractivity contribution is 6.00. The van der Waals surface area contributed by atoms with Gasteiger partial charge in [0, 0.05) is 11.3 Å². The van der Waals surface area contributed by atoms with E-state index in [2.05, 4.69) is 34.0 Å². The predicted octanol–water partition coefficient (Wildman–Crippen LogP) is 4.02. The molecule has 4 nitrogen and oxygen atoms in total. The minimum atomic E-state index is -0.184. The standard InChI is InChI=1S/C21H21N3O/c1-15-10-11-20(16(2)12-15)22-14-21(25)24-23-13-18-8-5-7-17-6-3-4-9-19(17)18/h3-13,22H,14H2,1-2H3,(H,24,25)/b23-13+. The summed E-state index contributed by atoms with van der Waals surface area (Å²) < 4.78 is 0. The monoisotopic (exact) mass is 331 g/mol. The van der Waals surface area contributed by atoms with Crippen molar-refractivity contribution in [3.63, 3.8) is 0 Å². The predicted molar refractivity (Wildman–Crippen MR) is 104 cm³/mol. The molecular weight excluding hydrogens is 310 g/mol. The highest BCUT2D eigenvalue weighted by Crippen LogP contribution is 2.17. The molecule has 0 aliphatic rings. The molecular formula is C21H21N3O. The molecule has 3 rings (SSSR count). The van der Waals surface area contributed by atoms with Crippen molar-refractivity contribution in [2.24, 2.45) is 5.10 Å². The molecule has 0 radical (unpaired) electrons. The molecule has 4 heteroatoms. The minimum Gasteiger partial charge on any atom is -0.376 e. The number of anilines is 1. The van der Waals surface area contributed by atoms with Crippen LogP contribution in [0.1, 0.15) is 16.7 Å². The van der Waals surface area contributed by atoms with Gasteiger partial charge in [-0.1, -0.05) is 60.2 Å². The van der Waals surface area contributed by atoms with Gasteiger partial charge < -0.3 is 5.32 Å². The number of amides is 1. The van der Waals surface area contributed by atoms with Crippen molar-refractivity contribution < 1.29 is 4.79 Å². The average molecular weight is 331 g/mol. The number of benzene rings is 3. The average Bonchev–Trinajstić information content (AvgIpc) is 2.61. The molecule has 3 aromatic carbocycles. The number of hydrogen-bond acceptors (Lipinski definition) is 3. The second-order valence-electron chi connectivity index (χ2n) is 6.03. The normalized spacial score (nSPS) is 11.0. The van der Waals surface area contributed by atoms with Crippen LogP contribution in [0.25, 0.3) is 10.8 Å².